The maximum atomic E-state index is 12.0. The number of hydrogen-bond donors (Lipinski definition) is 3. The molecule has 0 aliphatic rings. The molecular weight excluding hydrogens is 402 g/mol. The van der Waals surface area contributed by atoms with Crippen LogP contribution in [0.3, 0.4) is 0 Å². The Morgan fingerprint density at radius 1 is 1.10 bits per heavy atom. The number of pyridine rings is 1. The molecule has 0 saturated heterocycles. The number of carbonyl (C=O) groups excluding carboxylic acids is 1. The molecule has 0 aliphatic heterocycles. The van der Waals surface area contributed by atoms with Gasteiger partial charge in [0.05, 0.1) is 12.8 Å². The van der Waals surface area contributed by atoms with E-state index in [1.54, 1.807) is 24.4 Å². The average Bonchev–Trinajstić information content (AvgIpc) is 3.30. The van der Waals surface area contributed by atoms with Crippen LogP contribution in [0, 0.1) is 0 Å². The Bertz CT molecular complexity index is 954. The highest BCUT2D eigenvalue weighted by molar-refractivity contribution is 6.29. The zero-order chi connectivity index (χ0) is 21.2. The molecule has 7 nitrogen and oxygen atoms in total. The molecule has 0 saturated carbocycles. The van der Waals surface area contributed by atoms with Gasteiger partial charge in [0.2, 0.25) is 0 Å². The van der Waals surface area contributed by atoms with Crippen molar-refractivity contribution in [3.8, 4) is 0 Å². The number of nitrogens with one attached hydrogen (secondary N) is 3. The van der Waals surface area contributed by atoms with Gasteiger partial charge in [-0.1, -0.05) is 29.8 Å². The van der Waals surface area contributed by atoms with Gasteiger partial charge in [-0.15, -0.1) is 0 Å². The Labute approximate surface area is 180 Å². The van der Waals surface area contributed by atoms with Crippen molar-refractivity contribution < 1.29 is 9.21 Å². The van der Waals surface area contributed by atoms with E-state index in [4.69, 9.17) is 16.0 Å². The Balaban J connectivity index is 1.50. The third-order valence-corrected chi connectivity index (χ3v) is 4.44. The number of halogens is 1. The van der Waals surface area contributed by atoms with Crippen LogP contribution in [0.2, 0.25) is 5.15 Å². The smallest absolute Gasteiger partial charge is 0.291 e. The van der Waals surface area contributed by atoms with E-state index in [-0.39, 0.29) is 11.7 Å². The molecule has 30 heavy (non-hydrogen) atoms. The minimum Gasteiger partial charge on any atom is -0.459 e. The van der Waals surface area contributed by atoms with Gasteiger partial charge in [-0.05, 0) is 54.8 Å². The molecule has 3 rings (SSSR count). The van der Waals surface area contributed by atoms with Crippen LogP contribution in [0.25, 0.3) is 0 Å². The van der Waals surface area contributed by atoms with Crippen LogP contribution in [-0.2, 0) is 13.0 Å². The molecule has 0 aliphatic carbocycles. The number of aliphatic imine (C=N–C) groups is 1. The predicted octanol–water partition coefficient (Wildman–Crippen LogP) is 3.88. The van der Waals surface area contributed by atoms with E-state index < -0.39 is 0 Å². The molecule has 156 valence electrons. The zero-order valence-electron chi connectivity index (χ0n) is 16.7. The summed E-state index contributed by atoms with van der Waals surface area (Å²) in [7, 11) is 0. The number of furan rings is 1. The standard InChI is InChI=1S/C22H24ClN5O2/c1-2-24-22(25-12-11-17-7-10-20(23)26-14-17)27-15-16-5-8-18(9-6-16)28-21(29)19-4-3-13-30-19/h3-10,13-14H,2,11-12,15H2,1H3,(H,28,29)(H2,24,25,27). The fourth-order valence-corrected chi connectivity index (χ4v) is 2.80. The maximum Gasteiger partial charge on any atom is 0.291 e. The summed E-state index contributed by atoms with van der Waals surface area (Å²) < 4.78 is 5.09. The number of amides is 1. The minimum absolute atomic E-state index is 0.277. The second kappa shape index (κ2) is 11.0. The number of rotatable bonds is 8. The number of hydrogen-bond acceptors (Lipinski definition) is 4. The van der Waals surface area contributed by atoms with Gasteiger partial charge in [0, 0.05) is 25.0 Å². The molecular formula is C22H24ClN5O2. The third kappa shape index (κ3) is 6.63. The number of carbonyl (C=O) groups is 1. The largest absolute Gasteiger partial charge is 0.459 e. The fourth-order valence-electron chi connectivity index (χ4n) is 2.69. The summed E-state index contributed by atoms with van der Waals surface area (Å²) >= 11 is 5.81. The molecule has 0 fully saturated rings. The summed E-state index contributed by atoms with van der Waals surface area (Å²) in [6.07, 6.45) is 4.07. The van der Waals surface area contributed by atoms with Gasteiger partial charge < -0.3 is 20.4 Å². The molecule has 1 aromatic carbocycles. The van der Waals surface area contributed by atoms with E-state index in [1.807, 2.05) is 37.3 Å². The molecule has 3 aromatic rings. The van der Waals surface area contributed by atoms with Crippen LogP contribution in [0.5, 0.6) is 0 Å². The highest BCUT2D eigenvalue weighted by Crippen LogP contribution is 2.12. The summed E-state index contributed by atoms with van der Waals surface area (Å²) in [5.41, 5.74) is 2.84. The van der Waals surface area contributed by atoms with E-state index in [2.05, 4.69) is 25.9 Å². The SMILES string of the molecule is CCNC(=NCc1ccc(NC(=O)c2ccco2)cc1)NCCc1ccc(Cl)nc1. The third-order valence-electron chi connectivity index (χ3n) is 4.22. The average molecular weight is 426 g/mol. The number of aromatic nitrogens is 1. The quantitative estimate of drug-likeness (QED) is 0.289. The van der Waals surface area contributed by atoms with Crippen molar-refractivity contribution in [2.24, 2.45) is 4.99 Å². The van der Waals surface area contributed by atoms with Crippen LogP contribution < -0.4 is 16.0 Å². The first-order valence-electron chi connectivity index (χ1n) is 9.70. The molecule has 0 atom stereocenters. The second-order valence-corrected chi connectivity index (χ2v) is 6.88. The van der Waals surface area contributed by atoms with Crippen molar-refractivity contribution in [3.63, 3.8) is 0 Å². The number of anilines is 1. The molecule has 0 bridgehead atoms. The first-order valence-corrected chi connectivity index (χ1v) is 10.1. The molecule has 0 unspecified atom stereocenters. The molecule has 2 heterocycles. The minimum atomic E-state index is -0.278. The number of benzene rings is 1. The first kappa shape index (κ1) is 21.4. The van der Waals surface area contributed by atoms with E-state index in [0.717, 1.165) is 36.6 Å². The van der Waals surface area contributed by atoms with E-state index >= 15 is 0 Å². The fraction of sp³-hybridized carbons (Fsp3) is 0.227. The molecule has 2 aromatic heterocycles. The zero-order valence-corrected chi connectivity index (χ0v) is 17.4. The van der Waals surface area contributed by atoms with Crippen molar-refractivity contribution >= 4 is 29.2 Å². The molecule has 8 heteroatoms. The van der Waals surface area contributed by atoms with Gasteiger partial charge >= 0.3 is 0 Å². The van der Waals surface area contributed by atoms with Crippen LogP contribution in [-0.4, -0.2) is 29.9 Å². The predicted molar refractivity (Wildman–Crippen MR) is 119 cm³/mol. The van der Waals surface area contributed by atoms with Gasteiger partial charge in [0.1, 0.15) is 5.15 Å². The highest BCUT2D eigenvalue weighted by atomic mass is 35.5. The van der Waals surface area contributed by atoms with Crippen LogP contribution in [0.15, 0.2) is 70.4 Å². The molecule has 1 amide bonds. The summed E-state index contributed by atoms with van der Waals surface area (Å²) in [6.45, 7) is 4.04. The molecule has 0 spiro atoms. The van der Waals surface area contributed by atoms with E-state index in [1.165, 1.54) is 6.26 Å². The van der Waals surface area contributed by atoms with Gasteiger partial charge in [-0.2, -0.15) is 0 Å². The van der Waals surface area contributed by atoms with Crippen molar-refractivity contribution in [3.05, 3.63) is 83.0 Å². The lowest BCUT2D eigenvalue weighted by atomic mass is 10.2. The maximum absolute atomic E-state index is 12.0. The van der Waals surface area contributed by atoms with Crippen LogP contribution >= 0.6 is 11.6 Å². The van der Waals surface area contributed by atoms with Gasteiger partial charge in [0.25, 0.3) is 5.91 Å². The molecule has 0 radical (unpaired) electrons. The Morgan fingerprint density at radius 2 is 1.90 bits per heavy atom. The lowest BCUT2D eigenvalue weighted by molar-refractivity contribution is 0.0996. The van der Waals surface area contributed by atoms with Gasteiger partial charge in [-0.3, -0.25) is 4.79 Å². The van der Waals surface area contributed by atoms with Crippen molar-refractivity contribution in [1.29, 1.82) is 0 Å². The lowest BCUT2D eigenvalue weighted by Crippen LogP contribution is -2.38. The number of guanidine groups is 1. The number of nitrogens with zero attached hydrogens (tertiary/aromatic N) is 2. The van der Waals surface area contributed by atoms with Gasteiger partial charge in [-0.25, -0.2) is 9.98 Å². The summed E-state index contributed by atoms with van der Waals surface area (Å²) in [6, 6.07) is 14.6. The van der Waals surface area contributed by atoms with Crippen molar-refractivity contribution in [2.75, 3.05) is 18.4 Å². The topological polar surface area (TPSA) is 91.5 Å². The van der Waals surface area contributed by atoms with Crippen LogP contribution in [0.1, 0.15) is 28.6 Å². The summed E-state index contributed by atoms with van der Waals surface area (Å²) in [5, 5.41) is 9.84. The van der Waals surface area contributed by atoms with Crippen LogP contribution in [0.4, 0.5) is 5.69 Å². The summed E-state index contributed by atoms with van der Waals surface area (Å²) in [5.74, 6) is 0.745. The van der Waals surface area contributed by atoms with E-state index in [9.17, 15) is 4.79 Å². The van der Waals surface area contributed by atoms with Gasteiger partial charge in [0.15, 0.2) is 11.7 Å². The van der Waals surface area contributed by atoms with Crippen molar-refractivity contribution in [2.45, 2.75) is 19.9 Å². The normalized spacial score (nSPS) is 11.2. The van der Waals surface area contributed by atoms with Crippen molar-refractivity contribution in [1.82, 2.24) is 15.6 Å². The first-order chi connectivity index (χ1) is 14.6. The lowest BCUT2D eigenvalue weighted by Gasteiger charge is -2.11. The van der Waals surface area contributed by atoms with E-state index in [0.29, 0.717) is 17.4 Å². The summed E-state index contributed by atoms with van der Waals surface area (Å²) in [4.78, 5) is 20.7. The Kier molecular flexibility index (Phi) is 7.86. The Morgan fingerprint density at radius 3 is 2.57 bits per heavy atom. The second-order valence-electron chi connectivity index (χ2n) is 6.49. The highest BCUT2D eigenvalue weighted by Gasteiger charge is 2.08. The monoisotopic (exact) mass is 425 g/mol. The Hall–Kier alpha value is -3.32. The molecule has 3 N–H and O–H groups in total.